The molecule has 7 heteroatoms. The van der Waals surface area contributed by atoms with Crippen molar-refractivity contribution in [3.8, 4) is 11.3 Å². The first-order chi connectivity index (χ1) is 15.0. The van der Waals surface area contributed by atoms with Gasteiger partial charge in [0.1, 0.15) is 0 Å². The Balaban J connectivity index is 1.83. The highest BCUT2D eigenvalue weighted by Crippen LogP contribution is 2.27. The minimum absolute atomic E-state index is 0.0842. The summed E-state index contributed by atoms with van der Waals surface area (Å²) >= 11 is 0. The van der Waals surface area contributed by atoms with Gasteiger partial charge in [-0.15, -0.1) is 0 Å². The Labute approximate surface area is 180 Å². The average molecular weight is 413 g/mol. The zero-order valence-corrected chi connectivity index (χ0v) is 17.6. The molecule has 0 saturated heterocycles. The van der Waals surface area contributed by atoms with Crippen molar-refractivity contribution in [2.24, 2.45) is 0 Å². The first kappa shape index (κ1) is 20.3. The van der Waals surface area contributed by atoms with Crippen molar-refractivity contribution in [1.82, 2.24) is 20.1 Å². The Morgan fingerprint density at radius 3 is 2.35 bits per heavy atom. The van der Waals surface area contributed by atoms with Crippen LogP contribution in [0.1, 0.15) is 40.6 Å². The molecule has 0 radical (unpaired) electrons. The molecule has 4 aromatic rings. The molecular weight excluding hydrogens is 390 g/mol. The topological polar surface area (TPSA) is 88.9 Å². The van der Waals surface area contributed by atoms with Gasteiger partial charge < -0.3 is 10.6 Å². The molecule has 156 valence electrons. The van der Waals surface area contributed by atoms with E-state index in [0.717, 1.165) is 5.56 Å². The summed E-state index contributed by atoms with van der Waals surface area (Å²) in [5.41, 5.74) is 3.50. The van der Waals surface area contributed by atoms with Crippen molar-refractivity contribution in [3.63, 3.8) is 0 Å². The van der Waals surface area contributed by atoms with Gasteiger partial charge in [-0.2, -0.15) is 5.10 Å². The number of amides is 2. The van der Waals surface area contributed by atoms with E-state index in [1.54, 1.807) is 48.3 Å². The molecule has 2 amide bonds. The van der Waals surface area contributed by atoms with Crippen molar-refractivity contribution in [3.05, 3.63) is 78.0 Å². The van der Waals surface area contributed by atoms with Crippen LogP contribution in [0.5, 0.6) is 0 Å². The highest BCUT2D eigenvalue weighted by molar-refractivity contribution is 6.14. The standard InChI is InChI=1S/C24H23N5O2/c1-15(2)29-22-19(14-26-29)18(13-21(27-22)16-9-5-4-6-10-16)24(31)28-20-12-8-7-11-17(20)23(30)25-3/h4-15H,1-3H3,(H,25,30)(H,28,31). The van der Waals surface area contributed by atoms with E-state index >= 15 is 0 Å². The molecule has 0 spiro atoms. The van der Waals surface area contributed by atoms with E-state index in [1.165, 1.54) is 0 Å². The van der Waals surface area contributed by atoms with Crippen LogP contribution in [0, 0.1) is 0 Å². The van der Waals surface area contributed by atoms with Crippen LogP contribution < -0.4 is 10.6 Å². The Morgan fingerprint density at radius 1 is 0.935 bits per heavy atom. The minimum Gasteiger partial charge on any atom is -0.355 e. The van der Waals surface area contributed by atoms with Crippen LogP contribution in [-0.4, -0.2) is 33.6 Å². The molecule has 2 heterocycles. The van der Waals surface area contributed by atoms with Gasteiger partial charge in [0.25, 0.3) is 11.8 Å². The summed E-state index contributed by atoms with van der Waals surface area (Å²) < 4.78 is 1.80. The average Bonchev–Trinajstić information content (AvgIpc) is 3.23. The number of nitrogens with zero attached hydrogens (tertiary/aromatic N) is 3. The summed E-state index contributed by atoms with van der Waals surface area (Å²) in [6.45, 7) is 4.03. The van der Waals surface area contributed by atoms with E-state index in [9.17, 15) is 9.59 Å². The van der Waals surface area contributed by atoms with Crippen LogP contribution >= 0.6 is 0 Å². The van der Waals surface area contributed by atoms with E-state index in [-0.39, 0.29) is 17.9 Å². The van der Waals surface area contributed by atoms with Crippen LogP contribution in [0.3, 0.4) is 0 Å². The maximum Gasteiger partial charge on any atom is 0.256 e. The molecule has 7 nitrogen and oxygen atoms in total. The van der Waals surface area contributed by atoms with Crippen molar-refractivity contribution in [2.45, 2.75) is 19.9 Å². The van der Waals surface area contributed by atoms with Gasteiger partial charge in [-0.25, -0.2) is 9.67 Å². The van der Waals surface area contributed by atoms with Gasteiger partial charge in [-0.3, -0.25) is 9.59 Å². The molecule has 0 atom stereocenters. The fourth-order valence-corrected chi connectivity index (χ4v) is 3.46. The third-order valence-corrected chi connectivity index (χ3v) is 5.02. The predicted octanol–water partition coefficient (Wildman–Crippen LogP) is 4.29. The van der Waals surface area contributed by atoms with Crippen LogP contribution in [0.4, 0.5) is 5.69 Å². The third kappa shape index (κ3) is 3.90. The molecular formula is C24H23N5O2. The Bertz CT molecular complexity index is 1260. The largest absolute Gasteiger partial charge is 0.355 e. The number of rotatable bonds is 5. The Morgan fingerprint density at radius 2 is 1.65 bits per heavy atom. The zero-order valence-electron chi connectivity index (χ0n) is 17.6. The number of anilines is 1. The second-order valence-corrected chi connectivity index (χ2v) is 7.42. The van der Waals surface area contributed by atoms with Crippen molar-refractivity contribution in [1.29, 1.82) is 0 Å². The van der Waals surface area contributed by atoms with E-state index in [1.807, 2.05) is 44.2 Å². The maximum atomic E-state index is 13.3. The molecule has 0 bridgehead atoms. The maximum absolute atomic E-state index is 13.3. The lowest BCUT2D eigenvalue weighted by Crippen LogP contribution is -2.21. The first-order valence-electron chi connectivity index (χ1n) is 10.1. The van der Waals surface area contributed by atoms with E-state index in [2.05, 4.69) is 15.7 Å². The van der Waals surface area contributed by atoms with Crippen molar-refractivity contribution < 1.29 is 9.59 Å². The monoisotopic (exact) mass is 413 g/mol. The smallest absolute Gasteiger partial charge is 0.256 e. The van der Waals surface area contributed by atoms with Crippen LogP contribution in [0.15, 0.2) is 66.9 Å². The normalized spacial score (nSPS) is 11.0. The molecule has 0 aliphatic carbocycles. The summed E-state index contributed by atoms with van der Waals surface area (Å²) in [7, 11) is 1.56. The van der Waals surface area contributed by atoms with Gasteiger partial charge in [-0.1, -0.05) is 42.5 Å². The number of para-hydroxylation sites is 1. The minimum atomic E-state index is -0.329. The number of benzene rings is 2. The quantitative estimate of drug-likeness (QED) is 0.511. The number of aromatic nitrogens is 3. The fourth-order valence-electron chi connectivity index (χ4n) is 3.46. The van der Waals surface area contributed by atoms with Crippen LogP contribution in [0.2, 0.25) is 0 Å². The molecule has 0 aliphatic rings. The number of fused-ring (bicyclic) bond motifs is 1. The predicted molar refractivity (Wildman–Crippen MR) is 121 cm³/mol. The van der Waals surface area contributed by atoms with Crippen molar-refractivity contribution in [2.75, 3.05) is 12.4 Å². The fraction of sp³-hybridized carbons (Fsp3) is 0.167. The molecule has 0 unspecified atom stereocenters. The second kappa shape index (κ2) is 8.39. The summed E-state index contributed by atoms with van der Waals surface area (Å²) in [5, 5.41) is 10.6. The number of pyridine rings is 1. The first-order valence-corrected chi connectivity index (χ1v) is 10.1. The Kier molecular flexibility index (Phi) is 5.49. The lowest BCUT2D eigenvalue weighted by Gasteiger charge is -2.13. The molecule has 0 fully saturated rings. The lowest BCUT2D eigenvalue weighted by atomic mass is 10.1. The number of carbonyl (C=O) groups excluding carboxylic acids is 2. The van der Waals surface area contributed by atoms with Gasteiger partial charge in [0.2, 0.25) is 0 Å². The molecule has 2 aromatic carbocycles. The van der Waals surface area contributed by atoms with Gasteiger partial charge >= 0.3 is 0 Å². The summed E-state index contributed by atoms with van der Waals surface area (Å²) in [6.07, 6.45) is 1.66. The molecule has 2 aromatic heterocycles. The molecule has 31 heavy (non-hydrogen) atoms. The van der Waals surface area contributed by atoms with Gasteiger partial charge in [-0.05, 0) is 32.0 Å². The molecule has 2 N–H and O–H groups in total. The highest BCUT2D eigenvalue weighted by Gasteiger charge is 2.20. The highest BCUT2D eigenvalue weighted by atomic mass is 16.2. The number of hydrogen-bond acceptors (Lipinski definition) is 4. The van der Waals surface area contributed by atoms with Gasteiger partial charge in [0.15, 0.2) is 5.65 Å². The number of nitrogens with one attached hydrogen (secondary N) is 2. The number of carbonyl (C=O) groups is 2. The molecule has 0 aliphatic heterocycles. The third-order valence-electron chi connectivity index (χ3n) is 5.02. The van der Waals surface area contributed by atoms with E-state index in [0.29, 0.717) is 33.5 Å². The second-order valence-electron chi connectivity index (χ2n) is 7.42. The molecule has 0 saturated carbocycles. The van der Waals surface area contributed by atoms with E-state index < -0.39 is 0 Å². The van der Waals surface area contributed by atoms with Crippen LogP contribution in [0.25, 0.3) is 22.3 Å². The van der Waals surface area contributed by atoms with Crippen molar-refractivity contribution >= 4 is 28.5 Å². The summed E-state index contributed by atoms with van der Waals surface area (Å²) in [5.74, 6) is -0.599. The SMILES string of the molecule is CNC(=O)c1ccccc1NC(=O)c1cc(-c2ccccc2)nc2c1cnn2C(C)C. The van der Waals surface area contributed by atoms with Gasteiger partial charge in [0.05, 0.1) is 34.1 Å². The van der Waals surface area contributed by atoms with Crippen LogP contribution in [-0.2, 0) is 0 Å². The van der Waals surface area contributed by atoms with Gasteiger partial charge in [0, 0.05) is 18.7 Å². The summed E-state index contributed by atoms with van der Waals surface area (Å²) in [4.78, 5) is 30.3. The lowest BCUT2D eigenvalue weighted by molar-refractivity contribution is 0.0964. The Hall–Kier alpha value is -4.00. The summed E-state index contributed by atoms with van der Waals surface area (Å²) in [6, 6.07) is 18.5. The number of hydrogen-bond donors (Lipinski definition) is 2. The molecule has 4 rings (SSSR count). The van der Waals surface area contributed by atoms with E-state index in [4.69, 9.17) is 4.98 Å². The zero-order chi connectivity index (χ0) is 22.0.